The number of rotatable bonds is 5. The lowest BCUT2D eigenvalue weighted by atomic mass is 9.86. The van der Waals surface area contributed by atoms with Gasteiger partial charge in [-0.15, -0.1) is 0 Å². The van der Waals surface area contributed by atoms with Crippen molar-refractivity contribution in [3.05, 3.63) is 59.7 Å². The molecule has 1 heterocycles. The van der Waals surface area contributed by atoms with Gasteiger partial charge in [-0.25, -0.2) is 0 Å². The zero-order valence-electron chi connectivity index (χ0n) is 19.8. The highest BCUT2D eigenvalue weighted by Crippen LogP contribution is 2.23. The van der Waals surface area contributed by atoms with Gasteiger partial charge >= 0.3 is 0 Å². The Balaban J connectivity index is 1.62. The number of nitrogens with zero attached hydrogens (tertiary/aromatic N) is 2. The van der Waals surface area contributed by atoms with Crippen LogP contribution in [0.3, 0.4) is 0 Å². The first-order valence-electron chi connectivity index (χ1n) is 11.3. The minimum Gasteiger partial charge on any atom is -0.508 e. The van der Waals surface area contributed by atoms with Crippen molar-refractivity contribution in [2.45, 2.75) is 46.1 Å². The van der Waals surface area contributed by atoms with Crippen LogP contribution in [0.2, 0.25) is 0 Å². The highest BCUT2D eigenvalue weighted by Gasteiger charge is 2.31. The molecule has 1 saturated heterocycles. The van der Waals surface area contributed by atoms with Crippen molar-refractivity contribution < 1.29 is 14.7 Å². The predicted octanol–water partition coefficient (Wildman–Crippen LogP) is 3.79. The van der Waals surface area contributed by atoms with Crippen LogP contribution in [0.5, 0.6) is 5.75 Å². The summed E-state index contributed by atoms with van der Waals surface area (Å²) in [6.45, 7) is 12.9. The lowest BCUT2D eigenvalue weighted by molar-refractivity contribution is -0.134. The molecule has 2 aromatic carbocycles. The van der Waals surface area contributed by atoms with Crippen LogP contribution in [0.25, 0.3) is 0 Å². The molecule has 6 heteroatoms. The number of piperazine rings is 1. The van der Waals surface area contributed by atoms with E-state index in [1.165, 1.54) is 0 Å². The number of nitrogens with one attached hydrogen (secondary N) is 1. The molecule has 1 fully saturated rings. The summed E-state index contributed by atoms with van der Waals surface area (Å²) >= 11 is 0. The first-order valence-corrected chi connectivity index (χ1v) is 11.3. The van der Waals surface area contributed by atoms with Gasteiger partial charge in [0.15, 0.2) is 0 Å². The molecule has 1 aliphatic heterocycles. The van der Waals surface area contributed by atoms with Crippen molar-refractivity contribution in [2.75, 3.05) is 31.1 Å². The third-order valence-corrected chi connectivity index (χ3v) is 6.04. The molecule has 1 aliphatic rings. The molecule has 3 rings (SSSR count). The van der Waals surface area contributed by atoms with Crippen LogP contribution in [0.15, 0.2) is 48.5 Å². The summed E-state index contributed by atoms with van der Waals surface area (Å²) in [4.78, 5) is 30.1. The highest BCUT2D eigenvalue weighted by molar-refractivity contribution is 5.97. The minimum atomic E-state index is -0.565. The molecular formula is C26H35N3O3. The van der Waals surface area contributed by atoms with Gasteiger partial charge in [0.25, 0.3) is 5.91 Å². The molecular weight excluding hydrogens is 402 g/mol. The third kappa shape index (κ3) is 5.61. The number of carbonyl (C=O) groups excluding carboxylic acids is 2. The largest absolute Gasteiger partial charge is 0.508 e. The van der Waals surface area contributed by atoms with E-state index in [2.05, 4.69) is 31.0 Å². The Kier molecular flexibility index (Phi) is 7.12. The van der Waals surface area contributed by atoms with Crippen molar-refractivity contribution in [3.63, 3.8) is 0 Å². The van der Waals surface area contributed by atoms with Gasteiger partial charge in [0, 0.05) is 37.4 Å². The molecule has 0 saturated carbocycles. The van der Waals surface area contributed by atoms with E-state index in [9.17, 15) is 14.7 Å². The molecule has 1 atom stereocenters. The van der Waals surface area contributed by atoms with E-state index in [0.29, 0.717) is 31.7 Å². The van der Waals surface area contributed by atoms with Crippen molar-refractivity contribution in [1.29, 1.82) is 0 Å². The molecule has 2 amide bonds. The summed E-state index contributed by atoms with van der Waals surface area (Å²) in [7, 11) is 0. The fourth-order valence-corrected chi connectivity index (χ4v) is 3.90. The Morgan fingerprint density at radius 1 is 0.906 bits per heavy atom. The maximum absolute atomic E-state index is 13.2. The normalized spacial score (nSPS) is 15.6. The van der Waals surface area contributed by atoms with Crippen molar-refractivity contribution in [2.24, 2.45) is 5.92 Å². The van der Waals surface area contributed by atoms with Crippen LogP contribution >= 0.6 is 0 Å². The fourth-order valence-electron chi connectivity index (χ4n) is 3.90. The van der Waals surface area contributed by atoms with Crippen LogP contribution in [0, 0.1) is 5.92 Å². The summed E-state index contributed by atoms with van der Waals surface area (Å²) in [5, 5.41) is 12.4. The number of aromatic hydroxyl groups is 1. The van der Waals surface area contributed by atoms with Crippen molar-refractivity contribution in [1.82, 2.24) is 10.2 Å². The van der Waals surface area contributed by atoms with Gasteiger partial charge in [-0.3, -0.25) is 9.59 Å². The first-order chi connectivity index (χ1) is 15.1. The van der Waals surface area contributed by atoms with E-state index in [4.69, 9.17) is 0 Å². The molecule has 2 aromatic rings. The van der Waals surface area contributed by atoms with Gasteiger partial charge < -0.3 is 20.2 Å². The summed E-state index contributed by atoms with van der Waals surface area (Å²) < 4.78 is 0. The van der Waals surface area contributed by atoms with E-state index >= 15 is 0 Å². The SMILES string of the molecule is CC(C)C(NC(=O)c1ccc(C(C)(C)C)cc1)C(=O)N1CCN(c2ccc(O)cc2)CC1. The van der Waals surface area contributed by atoms with Crippen molar-refractivity contribution >= 4 is 17.5 Å². The van der Waals surface area contributed by atoms with Gasteiger partial charge in [0.05, 0.1) is 0 Å². The monoisotopic (exact) mass is 437 g/mol. The molecule has 0 aromatic heterocycles. The average molecular weight is 438 g/mol. The second-order valence-corrected chi connectivity index (χ2v) is 9.85. The second kappa shape index (κ2) is 9.63. The van der Waals surface area contributed by atoms with Crippen molar-refractivity contribution in [3.8, 4) is 5.75 Å². The Hall–Kier alpha value is -3.02. The van der Waals surface area contributed by atoms with Gasteiger partial charge in [0.2, 0.25) is 5.91 Å². The predicted molar refractivity (Wildman–Crippen MR) is 128 cm³/mol. The fraction of sp³-hybridized carbons (Fsp3) is 0.462. The quantitative estimate of drug-likeness (QED) is 0.746. The topological polar surface area (TPSA) is 72.9 Å². The molecule has 0 spiro atoms. The smallest absolute Gasteiger partial charge is 0.251 e. The lowest BCUT2D eigenvalue weighted by Crippen LogP contribution is -2.56. The molecule has 172 valence electrons. The minimum absolute atomic E-state index is 0.0181. The maximum Gasteiger partial charge on any atom is 0.251 e. The number of anilines is 1. The molecule has 0 radical (unpaired) electrons. The van der Waals surface area contributed by atoms with Crippen LogP contribution in [0.1, 0.15) is 50.5 Å². The Morgan fingerprint density at radius 3 is 1.97 bits per heavy atom. The third-order valence-electron chi connectivity index (χ3n) is 6.04. The highest BCUT2D eigenvalue weighted by atomic mass is 16.3. The molecule has 2 N–H and O–H groups in total. The summed E-state index contributed by atoms with van der Waals surface area (Å²) in [6, 6.07) is 14.2. The number of carbonyl (C=O) groups is 2. The standard InChI is InChI=1S/C26H35N3O3/c1-18(2)23(27-24(31)19-6-8-20(9-7-19)26(3,4)5)25(32)29-16-14-28(15-17-29)21-10-12-22(30)13-11-21/h6-13,18,23,30H,14-17H2,1-5H3,(H,27,31). The maximum atomic E-state index is 13.2. The Bertz CT molecular complexity index is 922. The molecule has 6 nitrogen and oxygen atoms in total. The van der Waals surface area contributed by atoms with Crippen LogP contribution in [-0.2, 0) is 10.2 Å². The number of hydrogen-bond donors (Lipinski definition) is 2. The number of hydrogen-bond acceptors (Lipinski definition) is 4. The summed E-state index contributed by atoms with van der Waals surface area (Å²) in [5.41, 5.74) is 2.78. The molecule has 0 aliphatic carbocycles. The summed E-state index contributed by atoms with van der Waals surface area (Å²) in [5.74, 6) is -0.0354. The average Bonchev–Trinajstić information content (AvgIpc) is 2.77. The number of benzene rings is 2. The number of amides is 2. The Labute approximate surface area is 191 Å². The van der Waals surface area contributed by atoms with E-state index in [1.807, 2.05) is 55.1 Å². The van der Waals surface area contributed by atoms with Gasteiger partial charge in [-0.1, -0.05) is 46.8 Å². The summed E-state index contributed by atoms with van der Waals surface area (Å²) in [6.07, 6.45) is 0. The van der Waals surface area contributed by atoms with Crippen LogP contribution < -0.4 is 10.2 Å². The second-order valence-electron chi connectivity index (χ2n) is 9.85. The van der Waals surface area contributed by atoms with Crippen LogP contribution in [0.4, 0.5) is 5.69 Å². The van der Waals surface area contributed by atoms with E-state index < -0.39 is 6.04 Å². The van der Waals surface area contributed by atoms with Gasteiger partial charge in [0.1, 0.15) is 11.8 Å². The molecule has 0 bridgehead atoms. The Morgan fingerprint density at radius 2 is 1.47 bits per heavy atom. The van der Waals surface area contributed by atoms with E-state index in [0.717, 1.165) is 11.3 Å². The van der Waals surface area contributed by atoms with E-state index in [-0.39, 0.29) is 28.9 Å². The lowest BCUT2D eigenvalue weighted by Gasteiger charge is -2.38. The zero-order valence-corrected chi connectivity index (χ0v) is 19.8. The van der Waals surface area contributed by atoms with Crippen LogP contribution in [-0.4, -0.2) is 54.0 Å². The zero-order chi connectivity index (χ0) is 23.5. The molecule has 32 heavy (non-hydrogen) atoms. The van der Waals surface area contributed by atoms with Gasteiger partial charge in [-0.2, -0.15) is 0 Å². The first kappa shape index (κ1) is 23.6. The van der Waals surface area contributed by atoms with Gasteiger partial charge in [-0.05, 0) is 53.3 Å². The molecule has 1 unspecified atom stereocenters. The number of phenolic OH excluding ortho intramolecular Hbond substituents is 1. The van der Waals surface area contributed by atoms with E-state index in [1.54, 1.807) is 12.1 Å². The number of phenols is 1.